The zero-order valence-electron chi connectivity index (χ0n) is 29.3. The summed E-state index contributed by atoms with van der Waals surface area (Å²) in [6, 6.07) is 53.1. The Hall–Kier alpha value is -6.85. The molecule has 0 aliphatic heterocycles. The summed E-state index contributed by atoms with van der Waals surface area (Å²) in [7, 11) is 0. The quantitative estimate of drug-likeness (QED) is 0.181. The van der Waals surface area contributed by atoms with Crippen molar-refractivity contribution in [2.45, 2.75) is 19.3 Å². The van der Waals surface area contributed by atoms with Crippen molar-refractivity contribution in [3.63, 3.8) is 0 Å². The Kier molecular flexibility index (Phi) is 7.08. The molecule has 9 aromatic rings. The summed E-state index contributed by atoms with van der Waals surface area (Å²) in [5, 5.41) is 1.98. The second-order valence-corrected chi connectivity index (χ2v) is 14.1. The Bertz CT molecular complexity index is 2770. The normalized spacial score (nSPS) is 12.9. The minimum atomic E-state index is -0.0898. The molecule has 1 aliphatic rings. The highest BCUT2D eigenvalue weighted by atomic mass is 15.0. The number of para-hydroxylation sites is 2. The number of hydrogen-bond donors (Lipinski definition) is 0. The van der Waals surface area contributed by atoms with Crippen LogP contribution < -0.4 is 0 Å². The van der Waals surface area contributed by atoms with Gasteiger partial charge in [-0.25, -0.2) is 15.0 Å². The summed E-state index contributed by atoms with van der Waals surface area (Å²) in [6.45, 7) is 4.69. The van der Waals surface area contributed by atoms with Gasteiger partial charge in [0.25, 0.3) is 0 Å². The van der Waals surface area contributed by atoms with Gasteiger partial charge in [-0.1, -0.05) is 135 Å². The number of hydrogen-bond acceptors (Lipinski definition) is 5. The second-order valence-electron chi connectivity index (χ2n) is 14.1. The third-order valence-corrected chi connectivity index (χ3v) is 10.6. The van der Waals surface area contributed by atoms with Gasteiger partial charge in [0.15, 0.2) is 17.5 Å². The Labute approximate surface area is 307 Å². The highest BCUT2D eigenvalue weighted by molar-refractivity contribution is 5.95. The minimum Gasteiger partial charge on any atom is -0.256 e. The van der Waals surface area contributed by atoms with Crippen molar-refractivity contribution in [2.75, 3.05) is 0 Å². The average Bonchev–Trinajstić information content (AvgIpc) is 3.46. The van der Waals surface area contributed by atoms with E-state index in [2.05, 4.69) is 127 Å². The van der Waals surface area contributed by atoms with Crippen molar-refractivity contribution in [1.82, 2.24) is 24.9 Å². The van der Waals surface area contributed by atoms with E-state index in [1.54, 1.807) is 0 Å². The van der Waals surface area contributed by atoms with Gasteiger partial charge in [0.1, 0.15) is 0 Å². The van der Waals surface area contributed by atoms with Crippen LogP contribution in [0.1, 0.15) is 25.0 Å². The van der Waals surface area contributed by atoms with Gasteiger partial charge in [-0.15, -0.1) is 0 Å². The third kappa shape index (κ3) is 5.12. The molecule has 0 N–H and O–H groups in total. The van der Waals surface area contributed by atoms with E-state index in [1.807, 2.05) is 60.9 Å². The molecule has 250 valence electrons. The maximum absolute atomic E-state index is 5.08. The van der Waals surface area contributed by atoms with Crippen LogP contribution >= 0.6 is 0 Å². The van der Waals surface area contributed by atoms with E-state index >= 15 is 0 Å². The molecule has 6 aromatic carbocycles. The van der Waals surface area contributed by atoms with E-state index < -0.39 is 0 Å². The van der Waals surface area contributed by atoms with Gasteiger partial charge < -0.3 is 0 Å². The van der Waals surface area contributed by atoms with Gasteiger partial charge in [-0.2, -0.15) is 0 Å². The monoisotopic (exact) mass is 679 g/mol. The predicted molar refractivity (Wildman–Crippen MR) is 215 cm³/mol. The van der Waals surface area contributed by atoms with E-state index in [9.17, 15) is 0 Å². The molecule has 0 bridgehead atoms. The Morgan fingerprint density at radius 1 is 0.377 bits per heavy atom. The lowest BCUT2D eigenvalue weighted by atomic mass is 9.78. The third-order valence-electron chi connectivity index (χ3n) is 10.6. The standard InChI is InChI=1S/C48H33N5/c1-48(2)41-18-6-3-13-35(41)38-17-10-16-34(44(38)48)33-12-9-11-32(29-33)30-21-23-31(24-22-30)45-51-46(39-25-27-49-42-19-7-4-14-36(39)42)53-47(52-45)40-26-28-50-43-20-8-5-15-37(40)43/h3-29H,1-2H3. The molecule has 5 heteroatoms. The number of nitrogens with zero attached hydrogens (tertiary/aromatic N) is 5. The molecular weight excluding hydrogens is 647 g/mol. The molecule has 0 saturated carbocycles. The van der Waals surface area contributed by atoms with E-state index in [1.165, 1.54) is 33.4 Å². The van der Waals surface area contributed by atoms with Crippen LogP contribution in [0, 0.1) is 0 Å². The van der Waals surface area contributed by atoms with E-state index in [-0.39, 0.29) is 5.41 Å². The van der Waals surface area contributed by atoms with Crippen molar-refractivity contribution in [3.8, 4) is 67.5 Å². The minimum absolute atomic E-state index is 0.0898. The molecule has 3 heterocycles. The van der Waals surface area contributed by atoms with E-state index in [0.717, 1.165) is 49.6 Å². The first-order chi connectivity index (χ1) is 26.0. The van der Waals surface area contributed by atoms with Crippen LogP contribution in [0.2, 0.25) is 0 Å². The molecule has 0 amide bonds. The topological polar surface area (TPSA) is 64.5 Å². The van der Waals surface area contributed by atoms with Crippen LogP contribution in [0.15, 0.2) is 164 Å². The maximum atomic E-state index is 5.08. The summed E-state index contributed by atoms with van der Waals surface area (Å²) >= 11 is 0. The molecule has 0 saturated heterocycles. The highest BCUT2D eigenvalue weighted by Gasteiger charge is 2.37. The summed E-state index contributed by atoms with van der Waals surface area (Å²) in [6.07, 6.45) is 3.63. The molecule has 3 aromatic heterocycles. The summed E-state index contributed by atoms with van der Waals surface area (Å²) in [5.74, 6) is 1.80. The fourth-order valence-electron chi connectivity index (χ4n) is 8.09. The first-order valence-electron chi connectivity index (χ1n) is 17.9. The predicted octanol–water partition coefficient (Wildman–Crippen LogP) is 11.6. The van der Waals surface area contributed by atoms with Crippen LogP contribution in [0.3, 0.4) is 0 Å². The van der Waals surface area contributed by atoms with Gasteiger partial charge in [-0.3, -0.25) is 9.97 Å². The van der Waals surface area contributed by atoms with Crippen molar-refractivity contribution in [2.24, 2.45) is 0 Å². The second kappa shape index (κ2) is 12.1. The van der Waals surface area contributed by atoms with Gasteiger partial charge in [-0.05, 0) is 74.8 Å². The first-order valence-corrected chi connectivity index (χ1v) is 17.9. The Morgan fingerprint density at radius 3 is 1.60 bits per heavy atom. The SMILES string of the molecule is CC1(C)c2ccccc2-c2cccc(-c3cccc(-c4ccc(-c5nc(-c6ccnc7ccccc67)nc(-c6ccnc7ccccc67)n5)cc4)c3)c21. The van der Waals surface area contributed by atoms with Crippen molar-refractivity contribution in [3.05, 3.63) is 175 Å². The number of benzene rings is 6. The number of aromatic nitrogens is 5. The van der Waals surface area contributed by atoms with Gasteiger partial charge in [0.05, 0.1) is 11.0 Å². The van der Waals surface area contributed by atoms with E-state index in [0.29, 0.717) is 17.5 Å². The molecule has 0 atom stereocenters. The lowest BCUT2D eigenvalue weighted by Gasteiger charge is -2.24. The van der Waals surface area contributed by atoms with Gasteiger partial charge in [0, 0.05) is 45.3 Å². The molecule has 0 spiro atoms. The number of fused-ring (bicyclic) bond motifs is 5. The molecule has 5 nitrogen and oxygen atoms in total. The fourth-order valence-corrected chi connectivity index (χ4v) is 8.09. The molecule has 53 heavy (non-hydrogen) atoms. The summed E-state index contributed by atoms with van der Waals surface area (Å²) in [5.41, 5.74) is 14.6. The summed E-state index contributed by atoms with van der Waals surface area (Å²) < 4.78 is 0. The van der Waals surface area contributed by atoms with Crippen LogP contribution in [0.25, 0.3) is 89.4 Å². The molecule has 0 unspecified atom stereocenters. The Morgan fingerprint density at radius 2 is 0.906 bits per heavy atom. The maximum Gasteiger partial charge on any atom is 0.164 e. The average molecular weight is 680 g/mol. The number of rotatable bonds is 5. The zero-order chi connectivity index (χ0) is 35.5. The van der Waals surface area contributed by atoms with Gasteiger partial charge in [0.2, 0.25) is 0 Å². The number of pyridine rings is 2. The molecule has 1 aliphatic carbocycles. The van der Waals surface area contributed by atoms with Crippen LogP contribution in [0.4, 0.5) is 0 Å². The Balaban J connectivity index is 1.07. The highest BCUT2D eigenvalue weighted by Crippen LogP contribution is 2.52. The summed E-state index contributed by atoms with van der Waals surface area (Å²) in [4.78, 5) is 24.4. The molecule has 0 radical (unpaired) electrons. The van der Waals surface area contributed by atoms with E-state index in [4.69, 9.17) is 15.0 Å². The lowest BCUT2D eigenvalue weighted by Crippen LogP contribution is -2.16. The van der Waals surface area contributed by atoms with Crippen LogP contribution in [-0.2, 0) is 5.41 Å². The largest absolute Gasteiger partial charge is 0.256 e. The zero-order valence-corrected chi connectivity index (χ0v) is 29.3. The van der Waals surface area contributed by atoms with Crippen molar-refractivity contribution >= 4 is 21.8 Å². The van der Waals surface area contributed by atoms with Crippen molar-refractivity contribution < 1.29 is 0 Å². The molecular formula is C48H33N5. The van der Waals surface area contributed by atoms with Crippen LogP contribution in [0.5, 0.6) is 0 Å². The van der Waals surface area contributed by atoms with Gasteiger partial charge >= 0.3 is 0 Å². The van der Waals surface area contributed by atoms with Crippen LogP contribution in [-0.4, -0.2) is 24.9 Å². The first kappa shape index (κ1) is 30.9. The fraction of sp³-hybridized carbons (Fsp3) is 0.0625. The van der Waals surface area contributed by atoms with Crippen molar-refractivity contribution in [1.29, 1.82) is 0 Å². The molecule has 10 rings (SSSR count). The molecule has 0 fully saturated rings. The lowest BCUT2D eigenvalue weighted by molar-refractivity contribution is 0.662. The smallest absolute Gasteiger partial charge is 0.164 e.